The lowest BCUT2D eigenvalue weighted by Crippen LogP contribution is -2.04. The molecule has 0 spiro atoms. The molecule has 0 aliphatic carbocycles. The van der Waals surface area contributed by atoms with Crippen LogP contribution in [0.4, 0.5) is 0 Å². The molecule has 0 atom stereocenters. The Morgan fingerprint density at radius 1 is 0.958 bits per heavy atom. The SMILES string of the molecule is CCCCOC(=O)C=Cc1c(OCC)ccc(OCC)c1OCC. The molecule has 0 saturated carbocycles. The largest absolute Gasteiger partial charge is 0.493 e. The lowest BCUT2D eigenvalue weighted by molar-refractivity contribution is -0.137. The molecule has 0 radical (unpaired) electrons. The third-order valence-corrected chi connectivity index (χ3v) is 3.14. The molecule has 24 heavy (non-hydrogen) atoms. The zero-order chi connectivity index (χ0) is 17.8. The van der Waals surface area contributed by atoms with E-state index in [0.29, 0.717) is 49.2 Å². The Morgan fingerprint density at radius 2 is 1.58 bits per heavy atom. The highest BCUT2D eigenvalue weighted by Crippen LogP contribution is 2.39. The molecule has 0 amide bonds. The van der Waals surface area contributed by atoms with Gasteiger partial charge in [-0.2, -0.15) is 0 Å². The van der Waals surface area contributed by atoms with Gasteiger partial charge in [0.25, 0.3) is 0 Å². The lowest BCUT2D eigenvalue weighted by atomic mass is 10.1. The summed E-state index contributed by atoms with van der Waals surface area (Å²) in [5.74, 6) is 1.46. The molecular formula is C19H28O5. The number of carbonyl (C=O) groups is 1. The fraction of sp³-hybridized carbons (Fsp3) is 0.526. The number of benzene rings is 1. The van der Waals surface area contributed by atoms with Gasteiger partial charge < -0.3 is 18.9 Å². The summed E-state index contributed by atoms with van der Waals surface area (Å²) in [5, 5.41) is 0. The summed E-state index contributed by atoms with van der Waals surface area (Å²) >= 11 is 0. The zero-order valence-corrected chi connectivity index (χ0v) is 15.1. The molecule has 0 aromatic heterocycles. The van der Waals surface area contributed by atoms with Crippen LogP contribution in [-0.2, 0) is 9.53 Å². The molecule has 1 rings (SSSR count). The molecular weight excluding hydrogens is 308 g/mol. The van der Waals surface area contributed by atoms with Crippen LogP contribution in [0.2, 0.25) is 0 Å². The predicted octanol–water partition coefficient (Wildman–Crippen LogP) is 4.24. The third kappa shape index (κ3) is 6.14. The minimum absolute atomic E-state index is 0.379. The predicted molar refractivity (Wildman–Crippen MR) is 94.9 cm³/mol. The topological polar surface area (TPSA) is 54.0 Å². The first-order chi connectivity index (χ1) is 11.7. The van der Waals surface area contributed by atoms with Crippen molar-refractivity contribution in [1.82, 2.24) is 0 Å². The summed E-state index contributed by atoms with van der Waals surface area (Å²) in [7, 11) is 0. The molecule has 0 heterocycles. The summed E-state index contributed by atoms with van der Waals surface area (Å²) in [4.78, 5) is 11.8. The molecule has 0 aliphatic rings. The third-order valence-electron chi connectivity index (χ3n) is 3.14. The van der Waals surface area contributed by atoms with E-state index in [2.05, 4.69) is 0 Å². The summed E-state index contributed by atoms with van der Waals surface area (Å²) in [6, 6.07) is 3.63. The molecule has 0 bridgehead atoms. The first kappa shape index (κ1) is 19.9. The molecule has 0 unspecified atom stereocenters. The van der Waals surface area contributed by atoms with Crippen molar-refractivity contribution in [1.29, 1.82) is 0 Å². The van der Waals surface area contributed by atoms with E-state index in [1.165, 1.54) is 6.08 Å². The van der Waals surface area contributed by atoms with Gasteiger partial charge in [0.15, 0.2) is 11.5 Å². The number of hydrogen-bond acceptors (Lipinski definition) is 5. The number of hydrogen-bond donors (Lipinski definition) is 0. The van der Waals surface area contributed by atoms with E-state index in [4.69, 9.17) is 18.9 Å². The lowest BCUT2D eigenvalue weighted by Gasteiger charge is -2.16. The Morgan fingerprint density at radius 3 is 2.21 bits per heavy atom. The minimum atomic E-state index is -0.379. The van der Waals surface area contributed by atoms with Crippen LogP contribution < -0.4 is 14.2 Å². The van der Waals surface area contributed by atoms with Gasteiger partial charge in [-0.25, -0.2) is 4.79 Å². The molecule has 5 nitrogen and oxygen atoms in total. The Balaban J connectivity index is 3.10. The van der Waals surface area contributed by atoms with Gasteiger partial charge in [0.05, 0.1) is 32.0 Å². The van der Waals surface area contributed by atoms with Crippen molar-refractivity contribution in [2.75, 3.05) is 26.4 Å². The van der Waals surface area contributed by atoms with Gasteiger partial charge in [0.2, 0.25) is 0 Å². The maximum Gasteiger partial charge on any atom is 0.330 e. The Hall–Kier alpha value is -2.17. The number of esters is 1. The van der Waals surface area contributed by atoms with Crippen LogP contribution >= 0.6 is 0 Å². The summed E-state index contributed by atoms with van der Waals surface area (Å²) in [6.45, 7) is 9.71. The van der Waals surface area contributed by atoms with Crippen molar-refractivity contribution in [3.05, 3.63) is 23.8 Å². The molecule has 1 aromatic carbocycles. The van der Waals surface area contributed by atoms with Crippen molar-refractivity contribution in [2.24, 2.45) is 0 Å². The summed E-state index contributed by atoms with van der Waals surface area (Å²) in [6.07, 6.45) is 4.89. The van der Waals surface area contributed by atoms with Gasteiger partial charge in [0, 0.05) is 6.08 Å². The highest BCUT2D eigenvalue weighted by molar-refractivity contribution is 5.88. The smallest absolute Gasteiger partial charge is 0.330 e. The van der Waals surface area contributed by atoms with E-state index in [1.54, 1.807) is 6.08 Å². The fourth-order valence-electron chi connectivity index (χ4n) is 2.08. The molecule has 5 heteroatoms. The Bertz CT molecular complexity index is 537. The van der Waals surface area contributed by atoms with Crippen LogP contribution in [0.25, 0.3) is 6.08 Å². The number of ether oxygens (including phenoxy) is 4. The number of carbonyl (C=O) groups excluding carboxylic acids is 1. The first-order valence-electron chi connectivity index (χ1n) is 8.58. The van der Waals surface area contributed by atoms with E-state index in [0.717, 1.165) is 12.8 Å². The van der Waals surface area contributed by atoms with Crippen LogP contribution in [0, 0.1) is 0 Å². The second kappa shape index (κ2) is 11.4. The molecule has 1 aromatic rings. The minimum Gasteiger partial charge on any atom is -0.493 e. The zero-order valence-electron chi connectivity index (χ0n) is 15.1. The van der Waals surface area contributed by atoms with Crippen LogP contribution in [0.3, 0.4) is 0 Å². The van der Waals surface area contributed by atoms with Crippen LogP contribution in [-0.4, -0.2) is 32.4 Å². The molecule has 0 fully saturated rings. The van der Waals surface area contributed by atoms with Crippen molar-refractivity contribution in [3.8, 4) is 17.2 Å². The van der Waals surface area contributed by atoms with E-state index < -0.39 is 0 Å². The van der Waals surface area contributed by atoms with Crippen molar-refractivity contribution >= 4 is 12.0 Å². The van der Waals surface area contributed by atoms with E-state index in [9.17, 15) is 4.79 Å². The first-order valence-corrected chi connectivity index (χ1v) is 8.58. The van der Waals surface area contributed by atoms with Gasteiger partial charge in [-0.1, -0.05) is 13.3 Å². The average Bonchev–Trinajstić information content (AvgIpc) is 2.57. The maximum absolute atomic E-state index is 11.8. The molecule has 134 valence electrons. The Kier molecular flexibility index (Phi) is 9.42. The van der Waals surface area contributed by atoms with Gasteiger partial charge >= 0.3 is 5.97 Å². The highest BCUT2D eigenvalue weighted by atomic mass is 16.5. The highest BCUT2D eigenvalue weighted by Gasteiger charge is 2.15. The van der Waals surface area contributed by atoms with Crippen molar-refractivity contribution in [2.45, 2.75) is 40.5 Å². The van der Waals surface area contributed by atoms with Crippen LogP contribution in [0.1, 0.15) is 46.1 Å². The summed E-state index contributed by atoms with van der Waals surface area (Å²) in [5.41, 5.74) is 0.678. The second-order valence-electron chi connectivity index (χ2n) is 4.96. The quantitative estimate of drug-likeness (QED) is 0.344. The van der Waals surface area contributed by atoms with E-state index >= 15 is 0 Å². The second-order valence-corrected chi connectivity index (χ2v) is 4.96. The van der Waals surface area contributed by atoms with Gasteiger partial charge in [-0.05, 0) is 45.4 Å². The van der Waals surface area contributed by atoms with Gasteiger partial charge in [-0.15, -0.1) is 0 Å². The normalized spacial score (nSPS) is 10.7. The van der Waals surface area contributed by atoms with Crippen LogP contribution in [0.15, 0.2) is 18.2 Å². The van der Waals surface area contributed by atoms with Gasteiger partial charge in [-0.3, -0.25) is 0 Å². The van der Waals surface area contributed by atoms with Gasteiger partial charge in [0.1, 0.15) is 5.75 Å². The molecule has 0 N–H and O–H groups in total. The van der Waals surface area contributed by atoms with E-state index in [1.807, 2.05) is 39.8 Å². The van der Waals surface area contributed by atoms with Crippen molar-refractivity contribution in [3.63, 3.8) is 0 Å². The van der Waals surface area contributed by atoms with E-state index in [-0.39, 0.29) is 5.97 Å². The number of rotatable bonds is 11. The molecule has 0 aliphatic heterocycles. The Labute approximate surface area is 144 Å². The average molecular weight is 336 g/mol. The maximum atomic E-state index is 11.8. The fourth-order valence-corrected chi connectivity index (χ4v) is 2.08. The molecule has 0 saturated heterocycles. The number of unbranched alkanes of at least 4 members (excludes halogenated alkanes) is 1. The van der Waals surface area contributed by atoms with Crippen molar-refractivity contribution < 1.29 is 23.7 Å². The van der Waals surface area contributed by atoms with Crippen LogP contribution in [0.5, 0.6) is 17.2 Å². The monoisotopic (exact) mass is 336 g/mol. The summed E-state index contributed by atoms with van der Waals surface area (Å²) < 4.78 is 22.1. The standard InChI is InChI=1S/C19H28O5/c1-5-9-14-24-18(20)13-10-15-16(21-6-2)11-12-17(22-7-3)19(15)23-8-4/h10-13H,5-9,14H2,1-4H3.